The molecule has 26 heavy (non-hydrogen) atoms. The lowest BCUT2D eigenvalue weighted by Gasteiger charge is -2.30. The number of rotatable bonds is 7. The number of thiophene rings is 1. The molecule has 1 aromatic carbocycles. The summed E-state index contributed by atoms with van der Waals surface area (Å²) in [5, 5.41) is 5.39. The number of likely N-dealkylation sites (tertiary alicyclic amines) is 1. The van der Waals surface area contributed by atoms with Gasteiger partial charge in [-0.25, -0.2) is 0 Å². The van der Waals surface area contributed by atoms with Crippen LogP contribution in [0.5, 0.6) is 0 Å². The third-order valence-corrected chi connectivity index (χ3v) is 6.27. The van der Waals surface area contributed by atoms with Gasteiger partial charge < -0.3 is 15.1 Å². The molecule has 0 bridgehead atoms. The van der Waals surface area contributed by atoms with E-state index in [1.165, 1.54) is 20.9 Å². The van der Waals surface area contributed by atoms with Gasteiger partial charge in [-0.1, -0.05) is 30.3 Å². The Balaban J connectivity index is 1.37. The normalized spacial score (nSPS) is 21.3. The third-order valence-electron chi connectivity index (χ3n) is 5.25. The fourth-order valence-electron chi connectivity index (χ4n) is 3.71. The Labute approximate surface area is 160 Å². The summed E-state index contributed by atoms with van der Waals surface area (Å²) in [6.07, 6.45) is 2.16. The zero-order chi connectivity index (χ0) is 18.4. The zero-order valence-electron chi connectivity index (χ0n) is 15.9. The number of hydrogen-bond donors (Lipinski definition) is 3. The minimum Gasteiger partial charge on any atom is -0.348 e. The molecule has 1 saturated heterocycles. The maximum absolute atomic E-state index is 12.4. The Morgan fingerprint density at radius 3 is 2.62 bits per heavy atom. The minimum absolute atomic E-state index is 0.188. The lowest BCUT2D eigenvalue weighted by molar-refractivity contribution is -0.918. The molecule has 0 aliphatic carbocycles. The van der Waals surface area contributed by atoms with Crippen molar-refractivity contribution in [1.82, 2.24) is 5.32 Å². The molecule has 5 heteroatoms. The molecule has 1 aliphatic rings. The molecule has 0 spiro atoms. The summed E-state index contributed by atoms with van der Waals surface area (Å²) < 4.78 is 0. The van der Waals surface area contributed by atoms with Crippen LogP contribution < -0.4 is 15.1 Å². The second-order valence-corrected chi connectivity index (χ2v) is 8.59. The number of aryl methyl sites for hydroxylation is 1. The van der Waals surface area contributed by atoms with E-state index in [4.69, 9.17) is 0 Å². The molecule has 3 rings (SSSR count). The first-order chi connectivity index (χ1) is 12.6. The summed E-state index contributed by atoms with van der Waals surface area (Å²) in [4.78, 5) is 16.6. The van der Waals surface area contributed by atoms with Crippen molar-refractivity contribution < 1.29 is 14.6 Å². The molecule has 1 aromatic heterocycles. The Morgan fingerprint density at radius 2 is 1.96 bits per heavy atom. The first kappa shape index (κ1) is 19.1. The van der Waals surface area contributed by atoms with E-state index >= 15 is 0 Å². The van der Waals surface area contributed by atoms with Crippen molar-refractivity contribution in [3.8, 4) is 0 Å². The standard InChI is InChI=1S/C21H29N3OS/c1-17-10-13-26-20(17)15-23(2)16-21(25)22-19-8-11-24(12-9-19)14-18-6-4-3-5-7-18/h3-7,10,13,19H,8-9,11-12,14-16H2,1-2H3,(H,22,25)/p+2. The molecule has 140 valence electrons. The summed E-state index contributed by atoms with van der Waals surface area (Å²) in [5.41, 5.74) is 2.74. The van der Waals surface area contributed by atoms with E-state index in [9.17, 15) is 4.79 Å². The molecule has 2 heterocycles. The van der Waals surface area contributed by atoms with Crippen LogP contribution in [0.4, 0.5) is 0 Å². The Kier molecular flexibility index (Phi) is 6.83. The van der Waals surface area contributed by atoms with Crippen molar-refractivity contribution in [2.45, 2.75) is 38.9 Å². The lowest BCUT2D eigenvalue weighted by Crippen LogP contribution is -3.12. The summed E-state index contributed by atoms with van der Waals surface area (Å²) in [7, 11) is 2.10. The minimum atomic E-state index is 0.188. The van der Waals surface area contributed by atoms with Crippen LogP contribution in [0.25, 0.3) is 0 Å². The molecular formula is C21H31N3OS+2. The Hall–Kier alpha value is -1.69. The number of hydrogen-bond acceptors (Lipinski definition) is 2. The molecule has 1 atom stereocenters. The second kappa shape index (κ2) is 9.31. The highest BCUT2D eigenvalue weighted by Crippen LogP contribution is 2.13. The van der Waals surface area contributed by atoms with E-state index in [0.717, 1.165) is 39.0 Å². The summed E-state index contributed by atoms with van der Waals surface area (Å²) in [6.45, 7) is 6.98. The van der Waals surface area contributed by atoms with Crippen molar-refractivity contribution in [3.63, 3.8) is 0 Å². The van der Waals surface area contributed by atoms with E-state index < -0.39 is 0 Å². The average molecular weight is 374 g/mol. The maximum Gasteiger partial charge on any atom is 0.275 e. The van der Waals surface area contributed by atoms with Crippen LogP contribution in [0.2, 0.25) is 0 Å². The smallest absolute Gasteiger partial charge is 0.275 e. The second-order valence-electron chi connectivity index (χ2n) is 7.59. The van der Waals surface area contributed by atoms with Gasteiger partial charge in [0.15, 0.2) is 6.54 Å². The number of amides is 1. The highest BCUT2D eigenvalue weighted by atomic mass is 32.1. The first-order valence-corrected chi connectivity index (χ1v) is 10.5. The van der Waals surface area contributed by atoms with Crippen LogP contribution in [0.3, 0.4) is 0 Å². The van der Waals surface area contributed by atoms with Crippen molar-refractivity contribution in [1.29, 1.82) is 0 Å². The van der Waals surface area contributed by atoms with Crippen LogP contribution in [0.15, 0.2) is 41.8 Å². The predicted molar refractivity (Wildman–Crippen MR) is 107 cm³/mol. The number of piperidine rings is 1. The van der Waals surface area contributed by atoms with Crippen LogP contribution in [0, 0.1) is 6.92 Å². The quantitative estimate of drug-likeness (QED) is 0.647. The SMILES string of the molecule is Cc1ccsc1C[NH+](C)CC(=O)NC1CC[NH+](Cc2ccccc2)CC1. The van der Waals surface area contributed by atoms with Crippen molar-refractivity contribution in [2.24, 2.45) is 0 Å². The fourth-order valence-corrected chi connectivity index (χ4v) is 4.73. The van der Waals surface area contributed by atoms with Crippen molar-refractivity contribution >= 4 is 17.2 Å². The Morgan fingerprint density at radius 1 is 1.23 bits per heavy atom. The van der Waals surface area contributed by atoms with E-state index in [-0.39, 0.29) is 5.91 Å². The molecule has 1 fully saturated rings. The monoisotopic (exact) mass is 373 g/mol. The van der Waals surface area contributed by atoms with Gasteiger partial charge in [0.2, 0.25) is 0 Å². The van der Waals surface area contributed by atoms with Crippen LogP contribution in [-0.4, -0.2) is 38.6 Å². The number of carbonyl (C=O) groups excluding carboxylic acids is 1. The van der Waals surface area contributed by atoms with Crippen LogP contribution in [-0.2, 0) is 17.9 Å². The van der Waals surface area contributed by atoms with Crippen LogP contribution in [0.1, 0.15) is 28.8 Å². The Bertz CT molecular complexity index is 692. The number of likely N-dealkylation sites (N-methyl/N-ethyl adjacent to an activating group) is 1. The largest absolute Gasteiger partial charge is 0.348 e. The lowest BCUT2D eigenvalue weighted by atomic mass is 10.0. The van der Waals surface area contributed by atoms with Gasteiger partial charge in [-0.15, -0.1) is 11.3 Å². The fraction of sp³-hybridized carbons (Fsp3) is 0.476. The summed E-state index contributed by atoms with van der Waals surface area (Å²) in [6, 6.07) is 13.2. The van der Waals surface area contributed by atoms with E-state index in [2.05, 4.69) is 61.1 Å². The zero-order valence-corrected chi connectivity index (χ0v) is 16.7. The average Bonchev–Trinajstić information content (AvgIpc) is 3.02. The number of quaternary nitrogens is 2. The molecule has 1 aliphatic heterocycles. The summed E-state index contributed by atoms with van der Waals surface area (Å²) >= 11 is 1.79. The van der Waals surface area contributed by atoms with Gasteiger partial charge in [0.25, 0.3) is 5.91 Å². The van der Waals surface area contributed by atoms with Crippen LogP contribution >= 0.6 is 11.3 Å². The van der Waals surface area contributed by atoms with E-state index in [1.54, 1.807) is 16.2 Å². The molecular weight excluding hydrogens is 342 g/mol. The van der Waals surface area contributed by atoms with Gasteiger partial charge in [-0.2, -0.15) is 0 Å². The van der Waals surface area contributed by atoms with Gasteiger partial charge in [0, 0.05) is 24.4 Å². The number of benzene rings is 1. The molecule has 1 unspecified atom stereocenters. The highest BCUT2D eigenvalue weighted by Gasteiger charge is 2.24. The molecule has 0 radical (unpaired) electrons. The van der Waals surface area contributed by atoms with Gasteiger partial charge in [-0.3, -0.25) is 4.79 Å². The molecule has 1 amide bonds. The van der Waals surface area contributed by atoms with Crippen molar-refractivity contribution in [3.05, 3.63) is 57.8 Å². The van der Waals surface area contributed by atoms with E-state index in [0.29, 0.717) is 12.6 Å². The molecule has 3 N–H and O–H groups in total. The summed E-state index contributed by atoms with van der Waals surface area (Å²) in [5.74, 6) is 0.188. The van der Waals surface area contributed by atoms with Gasteiger partial charge in [-0.05, 0) is 23.9 Å². The van der Waals surface area contributed by atoms with E-state index in [1.807, 2.05) is 0 Å². The predicted octanol–water partition coefficient (Wildman–Crippen LogP) is 0.435. The third kappa shape index (κ3) is 5.66. The number of carbonyl (C=O) groups is 1. The molecule has 2 aromatic rings. The highest BCUT2D eigenvalue weighted by molar-refractivity contribution is 7.10. The van der Waals surface area contributed by atoms with Gasteiger partial charge in [0.1, 0.15) is 13.1 Å². The maximum atomic E-state index is 12.4. The topological polar surface area (TPSA) is 38.0 Å². The molecule has 4 nitrogen and oxygen atoms in total. The van der Waals surface area contributed by atoms with Crippen molar-refractivity contribution in [2.75, 3.05) is 26.7 Å². The molecule has 0 saturated carbocycles. The number of nitrogens with one attached hydrogen (secondary N) is 3. The first-order valence-electron chi connectivity index (χ1n) is 9.61. The van der Waals surface area contributed by atoms with Gasteiger partial charge in [0.05, 0.1) is 25.0 Å². The van der Waals surface area contributed by atoms with Gasteiger partial charge >= 0.3 is 0 Å².